The Morgan fingerprint density at radius 1 is 1.08 bits per heavy atom. The first kappa shape index (κ1) is 33.4. The van der Waals surface area contributed by atoms with Gasteiger partial charge in [0.15, 0.2) is 17.7 Å². The Balaban J connectivity index is 1.33. The van der Waals surface area contributed by atoms with Crippen LogP contribution in [0.25, 0.3) is 33.7 Å². The Labute approximate surface area is 285 Å². The molecule has 0 spiro atoms. The molecule has 1 atom stereocenters. The highest BCUT2D eigenvalue weighted by Crippen LogP contribution is 2.45. The van der Waals surface area contributed by atoms with Crippen LogP contribution in [0.2, 0.25) is 0 Å². The topological polar surface area (TPSA) is 128 Å². The van der Waals surface area contributed by atoms with Crippen LogP contribution < -0.4 is 9.64 Å². The number of halogens is 1. The number of piperazine rings is 1. The Bertz CT molecular complexity index is 1880. The first-order valence-electron chi connectivity index (χ1n) is 17.2. The lowest BCUT2D eigenvalue weighted by atomic mass is 9.86. The fourth-order valence-corrected chi connectivity index (χ4v) is 7.56. The fourth-order valence-electron chi connectivity index (χ4n) is 7.56. The van der Waals surface area contributed by atoms with Gasteiger partial charge in [-0.15, -0.1) is 0 Å². The molecule has 0 aliphatic carbocycles. The van der Waals surface area contributed by atoms with E-state index in [4.69, 9.17) is 28.7 Å². The van der Waals surface area contributed by atoms with Gasteiger partial charge < -0.3 is 33.3 Å². The Hall–Kier alpha value is -4.07. The smallest absolute Gasteiger partial charge is 0.337 e. The van der Waals surface area contributed by atoms with Gasteiger partial charge in [0.05, 0.1) is 12.2 Å². The Morgan fingerprint density at radius 2 is 1.82 bits per heavy atom. The molecule has 262 valence electrons. The van der Waals surface area contributed by atoms with Gasteiger partial charge in [0.2, 0.25) is 0 Å². The van der Waals surface area contributed by atoms with E-state index in [1.165, 1.54) is 6.07 Å². The van der Waals surface area contributed by atoms with Gasteiger partial charge in [-0.2, -0.15) is 4.98 Å². The highest BCUT2D eigenvalue weighted by atomic mass is 19.1. The van der Waals surface area contributed by atoms with Gasteiger partial charge in [-0.25, -0.2) is 14.2 Å². The van der Waals surface area contributed by atoms with Crippen molar-refractivity contribution in [2.75, 3.05) is 50.9 Å². The number of nitrogens with zero attached hydrogens (tertiary/aromatic N) is 6. The standard InChI is InChI=1S/C36H45FN6O6/c1-20-23-8-7-15-47-30(23)26(37)18-24(20)29-25-19-27(41(6)32(25)38-21(2)28(29)31(34(44)45)48-36(3,4)5)33-39-35(40-49-33)43-13-11-42(12-14-43)22-9-16-46-17-10-22/h18-19,22,31H,7-17H2,1-6H3,(H,44,45). The molecule has 1 unspecified atom stereocenters. The number of hydrogen-bond donors (Lipinski definition) is 1. The van der Waals surface area contributed by atoms with Crippen LogP contribution in [0.5, 0.6) is 5.75 Å². The number of carbonyl (C=O) groups is 1. The van der Waals surface area contributed by atoms with Gasteiger partial charge in [-0.05, 0) is 88.7 Å². The average molecular weight is 677 g/mol. The van der Waals surface area contributed by atoms with E-state index < -0.39 is 23.5 Å². The molecule has 6 heterocycles. The van der Waals surface area contributed by atoms with E-state index in [1.807, 2.05) is 45.4 Å². The van der Waals surface area contributed by atoms with Crippen molar-refractivity contribution < 1.29 is 33.0 Å². The number of carboxylic acids is 1. The maximum absolute atomic E-state index is 15.8. The minimum atomic E-state index is -1.36. The number of benzene rings is 1. The van der Waals surface area contributed by atoms with Gasteiger partial charge in [0, 0.05) is 80.3 Å². The SMILES string of the molecule is Cc1nc2c(cc(-c3nc(N4CCN(C5CCOCC5)CC4)no3)n2C)c(-c2cc(F)c3c(c2C)CCCO3)c1C(OC(C)(C)C)C(=O)O. The van der Waals surface area contributed by atoms with Crippen molar-refractivity contribution in [3.05, 3.63) is 40.3 Å². The monoisotopic (exact) mass is 676 g/mol. The molecule has 1 N–H and O–H groups in total. The summed E-state index contributed by atoms with van der Waals surface area (Å²) in [6.07, 6.45) is 2.18. The van der Waals surface area contributed by atoms with E-state index in [9.17, 15) is 9.90 Å². The molecule has 3 aliphatic rings. The fraction of sp³-hybridized carbons (Fsp3) is 0.556. The van der Waals surface area contributed by atoms with Crippen LogP contribution in [0, 0.1) is 19.7 Å². The number of fused-ring (bicyclic) bond motifs is 2. The van der Waals surface area contributed by atoms with Crippen molar-refractivity contribution in [3.63, 3.8) is 0 Å². The third kappa shape index (κ3) is 6.28. The first-order valence-corrected chi connectivity index (χ1v) is 17.2. The van der Waals surface area contributed by atoms with Crippen LogP contribution in [-0.2, 0) is 27.7 Å². The van der Waals surface area contributed by atoms with Crippen LogP contribution >= 0.6 is 0 Å². The second-order valence-corrected chi connectivity index (χ2v) is 14.3. The second-order valence-electron chi connectivity index (χ2n) is 14.3. The third-order valence-corrected chi connectivity index (χ3v) is 10.0. The predicted molar refractivity (Wildman–Crippen MR) is 182 cm³/mol. The number of aryl methyl sites for hydroxylation is 2. The minimum absolute atomic E-state index is 0.262. The molecule has 49 heavy (non-hydrogen) atoms. The number of rotatable bonds is 7. The van der Waals surface area contributed by atoms with E-state index in [0.29, 0.717) is 70.0 Å². The molecule has 0 amide bonds. The van der Waals surface area contributed by atoms with E-state index in [0.717, 1.165) is 69.8 Å². The highest BCUT2D eigenvalue weighted by molar-refractivity contribution is 6.01. The van der Waals surface area contributed by atoms with Gasteiger partial charge in [-0.1, -0.05) is 0 Å². The molecule has 0 radical (unpaired) electrons. The van der Waals surface area contributed by atoms with Crippen LogP contribution in [0.15, 0.2) is 16.7 Å². The zero-order valence-electron chi connectivity index (χ0n) is 29.1. The summed E-state index contributed by atoms with van der Waals surface area (Å²) < 4.78 is 41.0. The molecule has 2 fully saturated rings. The van der Waals surface area contributed by atoms with E-state index in [1.54, 1.807) is 6.92 Å². The van der Waals surface area contributed by atoms with Crippen LogP contribution in [0.3, 0.4) is 0 Å². The number of ether oxygens (including phenoxy) is 3. The zero-order valence-corrected chi connectivity index (χ0v) is 29.1. The number of hydrogen-bond acceptors (Lipinski definition) is 10. The van der Waals surface area contributed by atoms with E-state index in [-0.39, 0.29) is 5.75 Å². The van der Waals surface area contributed by atoms with Crippen molar-refractivity contribution in [1.82, 2.24) is 24.6 Å². The molecule has 1 aromatic carbocycles. The summed E-state index contributed by atoms with van der Waals surface area (Å²) in [6.45, 7) is 14.6. The van der Waals surface area contributed by atoms with Crippen molar-refractivity contribution in [3.8, 4) is 28.5 Å². The third-order valence-electron chi connectivity index (χ3n) is 10.0. The van der Waals surface area contributed by atoms with Crippen molar-refractivity contribution in [2.24, 2.45) is 7.05 Å². The van der Waals surface area contributed by atoms with E-state index in [2.05, 4.69) is 15.0 Å². The predicted octanol–water partition coefficient (Wildman–Crippen LogP) is 5.61. The molecule has 7 rings (SSSR count). The molecule has 4 aromatic rings. The molecule has 13 heteroatoms. The van der Waals surface area contributed by atoms with Gasteiger partial charge in [0.1, 0.15) is 11.3 Å². The second kappa shape index (κ2) is 13.0. The maximum atomic E-state index is 15.8. The average Bonchev–Trinajstić information content (AvgIpc) is 3.70. The molecule has 2 saturated heterocycles. The quantitative estimate of drug-likeness (QED) is 0.262. The summed E-state index contributed by atoms with van der Waals surface area (Å²) in [6, 6.07) is 3.88. The number of aliphatic carboxylic acids is 1. The number of carboxylic acid groups (broad SMARTS) is 1. The zero-order chi connectivity index (χ0) is 34.6. The van der Waals surface area contributed by atoms with Crippen molar-refractivity contribution >= 4 is 23.0 Å². The Morgan fingerprint density at radius 3 is 2.51 bits per heavy atom. The van der Waals surface area contributed by atoms with E-state index >= 15 is 4.39 Å². The van der Waals surface area contributed by atoms with Gasteiger partial charge >= 0.3 is 5.97 Å². The largest absolute Gasteiger partial charge is 0.490 e. The van der Waals surface area contributed by atoms with Crippen molar-refractivity contribution in [2.45, 2.75) is 78.0 Å². The summed E-state index contributed by atoms with van der Waals surface area (Å²) >= 11 is 0. The highest BCUT2D eigenvalue weighted by Gasteiger charge is 2.35. The van der Waals surface area contributed by atoms with Gasteiger partial charge in [0.25, 0.3) is 11.8 Å². The summed E-state index contributed by atoms with van der Waals surface area (Å²) in [5, 5.41) is 15.5. The number of pyridine rings is 1. The molecule has 12 nitrogen and oxygen atoms in total. The van der Waals surface area contributed by atoms with Crippen molar-refractivity contribution in [1.29, 1.82) is 0 Å². The van der Waals surface area contributed by atoms with Gasteiger partial charge in [-0.3, -0.25) is 4.90 Å². The number of aromatic nitrogens is 4. The summed E-state index contributed by atoms with van der Waals surface area (Å²) in [5.41, 5.74) is 3.98. The lowest BCUT2D eigenvalue weighted by Crippen LogP contribution is -2.51. The summed E-state index contributed by atoms with van der Waals surface area (Å²) in [7, 11) is 1.86. The van der Waals surface area contributed by atoms with Crippen LogP contribution in [-0.4, -0.2) is 93.3 Å². The molecular weight excluding hydrogens is 631 g/mol. The lowest BCUT2D eigenvalue weighted by molar-refractivity contribution is -0.160. The molecular formula is C36H45FN6O6. The number of anilines is 1. The first-order chi connectivity index (χ1) is 23.4. The van der Waals surface area contributed by atoms with Crippen LogP contribution in [0.4, 0.5) is 10.3 Å². The maximum Gasteiger partial charge on any atom is 0.337 e. The normalized spacial score (nSPS) is 18.5. The molecule has 3 aromatic heterocycles. The molecule has 0 bridgehead atoms. The van der Waals surface area contributed by atoms with Crippen LogP contribution in [0.1, 0.15) is 68.5 Å². The molecule has 3 aliphatic heterocycles. The minimum Gasteiger partial charge on any atom is -0.490 e. The summed E-state index contributed by atoms with van der Waals surface area (Å²) in [5.74, 6) is -0.543. The lowest BCUT2D eigenvalue weighted by Gasteiger charge is -2.40. The Kier molecular flexibility index (Phi) is 8.87. The molecule has 0 saturated carbocycles. The summed E-state index contributed by atoms with van der Waals surface area (Å²) in [4.78, 5) is 27.3.